The number of nitrogens with one attached hydrogen (secondary N) is 2. The van der Waals surface area contributed by atoms with Gasteiger partial charge in [0.1, 0.15) is 17.8 Å². The number of hydrogen-bond donors (Lipinski definition) is 2. The summed E-state index contributed by atoms with van der Waals surface area (Å²) >= 11 is 0. The summed E-state index contributed by atoms with van der Waals surface area (Å²) < 4.78 is 26.7. The summed E-state index contributed by atoms with van der Waals surface area (Å²) in [6, 6.07) is 2.42. The standard InChI is InChI=1S/C16H23N5O2S/c1-3-20-24(22,23)12-8-16(9-12)6-11(7-16)21(2)15-13-4-5-17-14(13)18-10-19-15/h4-5,10-12,20H,3,6-9H2,1-2H3,(H,17,18,19). The van der Waals surface area contributed by atoms with Gasteiger partial charge in [0.25, 0.3) is 0 Å². The maximum Gasteiger partial charge on any atom is 0.214 e. The van der Waals surface area contributed by atoms with Crippen LogP contribution in [0.3, 0.4) is 0 Å². The first-order valence-electron chi connectivity index (χ1n) is 8.43. The molecular formula is C16H23N5O2S. The van der Waals surface area contributed by atoms with Gasteiger partial charge in [-0.25, -0.2) is 23.1 Å². The van der Waals surface area contributed by atoms with E-state index in [1.807, 2.05) is 19.2 Å². The van der Waals surface area contributed by atoms with Crippen molar-refractivity contribution in [1.29, 1.82) is 0 Å². The molecule has 8 heteroatoms. The molecule has 4 rings (SSSR count). The summed E-state index contributed by atoms with van der Waals surface area (Å²) in [7, 11) is -1.05. The van der Waals surface area contributed by atoms with Gasteiger partial charge in [-0.3, -0.25) is 0 Å². The van der Waals surface area contributed by atoms with Crippen LogP contribution >= 0.6 is 0 Å². The van der Waals surface area contributed by atoms with Crippen LogP contribution in [0.1, 0.15) is 32.6 Å². The Labute approximate surface area is 141 Å². The van der Waals surface area contributed by atoms with E-state index in [0.29, 0.717) is 12.6 Å². The van der Waals surface area contributed by atoms with E-state index in [0.717, 1.165) is 42.5 Å². The molecular weight excluding hydrogens is 326 g/mol. The Morgan fingerprint density at radius 2 is 2.08 bits per heavy atom. The first kappa shape index (κ1) is 15.8. The molecule has 0 bridgehead atoms. The number of nitrogens with zero attached hydrogens (tertiary/aromatic N) is 3. The topological polar surface area (TPSA) is 91.0 Å². The fourth-order valence-corrected chi connectivity index (χ4v) is 6.09. The van der Waals surface area contributed by atoms with Crippen molar-refractivity contribution in [3.8, 4) is 0 Å². The lowest BCUT2D eigenvalue weighted by molar-refractivity contribution is 0.0135. The van der Waals surface area contributed by atoms with Crippen LogP contribution in [0.5, 0.6) is 0 Å². The lowest BCUT2D eigenvalue weighted by Gasteiger charge is -2.59. The third-order valence-corrected chi connectivity index (χ3v) is 7.56. The molecule has 2 saturated carbocycles. The predicted octanol–water partition coefficient (Wildman–Crippen LogP) is 1.64. The van der Waals surface area contributed by atoms with Gasteiger partial charge in [0.15, 0.2) is 0 Å². The minimum atomic E-state index is -3.12. The fourth-order valence-electron chi connectivity index (χ4n) is 4.30. The van der Waals surface area contributed by atoms with E-state index in [1.165, 1.54) is 0 Å². The van der Waals surface area contributed by atoms with Crippen molar-refractivity contribution < 1.29 is 8.42 Å². The Bertz CT molecular complexity index is 848. The number of sulfonamides is 1. The summed E-state index contributed by atoms with van der Waals surface area (Å²) in [5.41, 5.74) is 1.07. The van der Waals surface area contributed by atoms with Gasteiger partial charge in [-0.05, 0) is 37.2 Å². The predicted molar refractivity (Wildman–Crippen MR) is 93.4 cm³/mol. The van der Waals surface area contributed by atoms with E-state index in [4.69, 9.17) is 0 Å². The van der Waals surface area contributed by atoms with Crippen molar-refractivity contribution >= 4 is 26.9 Å². The quantitative estimate of drug-likeness (QED) is 0.856. The Balaban J connectivity index is 1.41. The maximum absolute atomic E-state index is 12.1. The molecule has 2 heterocycles. The lowest BCUT2D eigenvalue weighted by Crippen LogP contribution is -2.60. The zero-order valence-electron chi connectivity index (χ0n) is 14.0. The summed E-state index contributed by atoms with van der Waals surface area (Å²) in [6.07, 6.45) is 7.11. The van der Waals surface area contributed by atoms with Crippen molar-refractivity contribution in [2.24, 2.45) is 5.41 Å². The summed E-state index contributed by atoms with van der Waals surface area (Å²) in [4.78, 5) is 14.0. The van der Waals surface area contributed by atoms with E-state index in [9.17, 15) is 8.42 Å². The third-order valence-electron chi connectivity index (χ3n) is 5.66. The van der Waals surface area contributed by atoms with Gasteiger partial charge in [-0.1, -0.05) is 6.92 Å². The minimum Gasteiger partial charge on any atom is -0.356 e. The highest BCUT2D eigenvalue weighted by Gasteiger charge is 2.57. The molecule has 0 aliphatic heterocycles. The zero-order valence-corrected chi connectivity index (χ0v) is 14.8. The smallest absolute Gasteiger partial charge is 0.214 e. The fraction of sp³-hybridized carbons (Fsp3) is 0.625. The van der Waals surface area contributed by atoms with Gasteiger partial charge in [-0.2, -0.15) is 0 Å². The number of aromatic amines is 1. The minimum absolute atomic E-state index is 0.209. The number of fused-ring (bicyclic) bond motifs is 1. The van der Waals surface area contributed by atoms with Gasteiger partial charge >= 0.3 is 0 Å². The molecule has 0 saturated heterocycles. The second-order valence-corrected chi connectivity index (χ2v) is 9.23. The van der Waals surface area contributed by atoms with Crippen LogP contribution < -0.4 is 9.62 Å². The van der Waals surface area contributed by atoms with Crippen LogP contribution in [-0.2, 0) is 10.0 Å². The second-order valence-electron chi connectivity index (χ2n) is 7.18. The van der Waals surface area contributed by atoms with Gasteiger partial charge < -0.3 is 9.88 Å². The first-order valence-corrected chi connectivity index (χ1v) is 9.98. The van der Waals surface area contributed by atoms with Crippen LogP contribution in [0.25, 0.3) is 11.0 Å². The summed E-state index contributed by atoms with van der Waals surface area (Å²) in [6.45, 7) is 2.29. The molecule has 0 amide bonds. The molecule has 130 valence electrons. The number of aromatic nitrogens is 3. The van der Waals surface area contributed by atoms with Crippen molar-refractivity contribution in [2.75, 3.05) is 18.5 Å². The molecule has 2 aliphatic rings. The lowest BCUT2D eigenvalue weighted by atomic mass is 9.53. The highest BCUT2D eigenvalue weighted by molar-refractivity contribution is 7.90. The molecule has 2 fully saturated rings. The van der Waals surface area contributed by atoms with Crippen molar-refractivity contribution in [1.82, 2.24) is 19.7 Å². The average Bonchev–Trinajstić information content (AvgIpc) is 2.91. The van der Waals surface area contributed by atoms with E-state index in [-0.39, 0.29) is 10.7 Å². The molecule has 2 aromatic rings. The van der Waals surface area contributed by atoms with Crippen LogP contribution in [0, 0.1) is 5.41 Å². The van der Waals surface area contributed by atoms with E-state index in [1.54, 1.807) is 6.33 Å². The van der Waals surface area contributed by atoms with E-state index in [2.05, 4.69) is 31.6 Å². The Kier molecular flexibility index (Phi) is 3.58. The van der Waals surface area contributed by atoms with Gasteiger partial charge in [0.2, 0.25) is 10.0 Å². The van der Waals surface area contributed by atoms with E-state index < -0.39 is 10.0 Å². The summed E-state index contributed by atoms with van der Waals surface area (Å²) in [5.74, 6) is 0.942. The SMILES string of the molecule is CCNS(=O)(=O)C1CC2(CC(N(C)c3ncnc4[nH]ccc34)C2)C1. The van der Waals surface area contributed by atoms with Crippen LogP contribution in [0.15, 0.2) is 18.6 Å². The molecule has 2 aromatic heterocycles. The van der Waals surface area contributed by atoms with Crippen molar-refractivity contribution in [3.05, 3.63) is 18.6 Å². The normalized spacial score (nSPS) is 29.4. The first-order chi connectivity index (χ1) is 11.4. The molecule has 1 spiro atoms. The van der Waals surface area contributed by atoms with Crippen LogP contribution in [0.4, 0.5) is 5.82 Å². The highest BCUT2D eigenvalue weighted by Crippen LogP contribution is 2.59. The van der Waals surface area contributed by atoms with Gasteiger partial charge in [0, 0.05) is 25.8 Å². The van der Waals surface area contributed by atoms with Crippen LogP contribution in [0.2, 0.25) is 0 Å². The Morgan fingerprint density at radius 1 is 1.33 bits per heavy atom. The molecule has 2 aliphatic carbocycles. The molecule has 0 unspecified atom stereocenters. The monoisotopic (exact) mass is 349 g/mol. The molecule has 24 heavy (non-hydrogen) atoms. The molecule has 0 aromatic carbocycles. The largest absolute Gasteiger partial charge is 0.356 e. The van der Waals surface area contributed by atoms with Gasteiger partial charge in [0.05, 0.1) is 10.6 Å². The maximum atomic E-state index is 12.1. The third kappa shape index (κ3) is 2.39. The molecule has 2 N–H and O–H groups in total. The summed E-state index contributed by atoms with van der Waals surface area (Å²) in [5, 5.41) is 0.821. The van der Waals surface area contributed by atoms with Crippen LogP contribution in [-0.4, -0.2) is 48.3 Å². The number of anilines is 1. The molecule has 0 radical (unpaired) electrons. The number of rotatable bonds is 5. The van der Waals surface area contributed by atoms with Crippen molar-refractivity contribution in [3.63, 3.8) is 0 Å². The second kappa shape index (κ2) is 5.42. The Morgan fingerprint density at radius 3 is 2.79 bits per heavy atom. The zero-order chi connectivity index (χ0) is 16.9. The molecule has 7 nitrogen and oxygen atoms in total. The average molecular weight is 349 g/mol. The Hall–Kier alpha value is -1.67. The number of H-pyrrole nitrogens is 1. The number of hydrogen-bond acceptors (Lipinski definition) is 5. The van der Waals surface area contributed by atoms with Crippen molar-refractivity contribution in [2.45, 2.75) is 43.9 Å². The van der Waals surface area contributed by atoms with Gasteiger partial charge in [-0.15, -0.1) is 0 Å². The molecule has 0 atom stereocenters. The highest BCUT2D eigenvalue weighted by atomic mass is 32.2. The van der Waals surface area contributed by atoms with E-state index >= 15 is 0 Å².